The second kappa shape index (κ2) is 7.81. The van der Waals surface area contributed by atoms with Gasteiger partial charge in [-0.1, -0.05) is 54.1 Å². The molecule has 5 heteroatoms. The van der Waals surface area contributed by atoms with Gasteiger partial charge in [0.05, 0.1) is 16.3 Å². The lowest BCUT2D eigenvalue weighted by molar-refractivity contribution is 0.102. The first-order valence-electron chi connectivity index (χ1n) is 7.97. The molecule has 1 amide bonds. The van der Waals surface area contributed by atoms with Crippen molar-refractivity contribution in [1.29, 1.82) is 0 Å². The van der Waals surface area contributed by atoms with Crippen LogP contribution in [0.25, 0.3) is 0 Å². The number of carbonyl (C=O) groups is 1. The summed E-state index contributed by atoms with van der Waals surface area (Å²) in [6.45, 7) is 2.06. The molecule has 0 aliphatic rings. The summed E-state index contributed by atoms with van der Waals surface area (Å²) in [5, 5.41) is 6.60. The highest BCUT2D eigenvalue weighted by molar-refractivity contribution is 6.33. The number of nitrogens with zero attached hydrogens (tertiary/aromatic N) is 1. The Kier molecular flexibility index (Phi) is 5.31. The van der Waals surface area contributed by atoms with E-state index >= 15 is 0 Å². The average Bonchev–Trinajstić information content (AvgIpc) is 2.65. The summed E-state index contributed by atoms with van der Waals surface area (Å²) in [5.41, 5.74) is 2.22. The van der Waals surface area contributed by atoms with Crippen LogP contribution in [0.1, 0.15) is 28.9 Å². The molecule has 4 nitrogen and oxygen atoms in total. The summed E-state index contributed by atoms with van der Waals surface area (Å²) in [6.07, 6.45) is 1.55. The molecule has 25 heavy (non-hydrogen) atoms. The van der Waals surface area contributed by atoms with Gasteiger partial charge < -0.3 is 10.6 Å². The van der Waals surface area contributed by atoms with E-state index in [1.54, 1.807) is 30.5 Å². The number of amides is 1. The fourth-order valence-electron chi connectivity index (χ4n) is 2.42. The highest BCUT2D eigenvalue weighted by Gasteiger charge is 2.10. The van der Waals surface area contributed by atoms with Gasteiger partial charge in [-0.15, -0.1) is 0 Å². The van der Waals surface area contributed by atoms with E-state index in [0.29, 0.717) is 22.1 Å². The molecular weight excluding hydrogens is 334 g/mol. The van der Waals surface area contributed by atoms with Crippen LogP contribution < -0.4 is 10.6 Å². The fraction of sp³-hybridized carbons (Fsp3) is 0.100. The molecule has 2 aromatic carbocycles. The molecule has 126 valence electrons. The summed E-state index contributed by atoms with van der Waals surface area (Å²) in [7, 11) is 0. The highest BCUT2D eigenvalue weighted by atomic mass is 35.5. The predicted octanol–water partition coefficient (Wildman–Crippen LogP) is 5.16. The van der Waals surface area contributed by atoms with Gasteiger partial charge in [-0.05, 0) is 36.8 Å². The van der Waals surface area contributed by atoms with Crippen LogP contribution in [-0.2, 0) is 0 Å². The maximum absolute atomic E-state index is 12.3. The largest absolute Gasteiger partial charge is 0.364 e. The van der Waals surface area contributed by atoms with E-state index in [-0.39, 0.29) is 11.9 Å². The molecule has 3 rings (SSSR count). The van der Waals surface area contributed by atoms with E-state index in [1.807, 2.05) is 30.3 Å². The molecule has 0 radical (unpaired) electrons. The zero-order valence-electron chi connectivity index (χ0n) is 13.7. The summed E-state index contributed by atoms with van der Waals surface area (Å²) >= 11 is 6.06. The maximum Gasteiger partial charge on any atom is 0.257 e. The molecule has 0 spiro atoms. The molecule has 1 aromatic heterocycles. The van der Waals surface area contributed by atoms with Crippen molar-refractivity contribution in [2.45, 2.75) is 13.0 Å². The minimum atomic E-state index is -0.247. The number of nitrogens with one attached hydrogen (secondary N) is 2. The third-order valence-electron chi connectivity index (χ3n) is 3.81. The number of para-hydroxylation sites is 1. The van der Waals surface area contributed by atoms with E-state index < -0.39 is 0 Å². The number of anilines is 2. The third kappa shape index (κ3) is 4.37. The zero-order chi connectivity index (χ0) is 17.6. The lowest BCUT2D eigenvalue weighted by Gasteiger charge is -2.15. The van der Waals surface area contributed by atoms with Crippen molar-refractivity contribution in [3.05, 3.63) is 89.1 Å². The molecular formula is C20H18ClN3O. The van der Waals surface area contributed by atoms with Crippen molar-refractivity contribution in [2.24, 2.45) is 0 Å². The number of benzene rings is 2. The molecule has 3 aromatic rings. The third-order valence-corrected chi connectivity index (χ3v) is 4.14. The minimum Gasteiger partial charge on any atom is -0.364 e. The number of pyridine rings is 1. The normalized spacial score (nSPS) is 11.6. The van der Waals surface area contributed by atoms with Gasteiger partial charge in [-0.25, -0.2) is 4.98 Å². The van der Waals surface area contributed by atoms with Crippen LogP contribution in [0.2, 0.25) is 5.02 Å². The molecule has 0 aliphatic carbocycles. The molecule has 1 atom stereocenters. The van der Waals surface area contributed by atoms with Crippen molar-refractivity contribution >= 4 is 29.0 Å². The van der Waals surface area contributed by atoms with E-state index in [1.165, 1.54) is 5.56 Å². The fourth-order valence-corrected chi connectivity index (χ4v) is 2.60. The van der Waals surface area contributed by atoms with Crippen molar-refractivity contribution in [3.8, 4) is 0 Å². The first-order chi connectivity index (χ1) is 12.1. The number of carbonyl (C=O) groups excluding carboxylic acids is 1. The average molecular weight is 352 g/mol. The summed E-state index contributed by atoms with van der Waals surface area (Å²) in [4.78, 5) is 16.6. The van der Waals surface area contributed by atoms with Crippen molar-refractivity contribution < 1.29 is 4.79 Å². The van der Waals surface area contributed by atoms with Gasteiger partial charge in [0.15, 0.2) is 0 Å². The first kappa shape index (κ1) is 17.0. The Morgan fingerprint density at radius 1 is 1.00 bits per heavy atom. The van der Waals surface area contributed by atoms with E-state index in [9.17, 15) is 4.79 Å². The van der Waals surface area contributed by atoms with Crippen molar-refractivity contribution in [1.82, 2.24) is 4.98 Å². The molecule has 2 N–H and O–H groups in total. The van der Waals surface area contributed by atoms with Crippen molar-refractivity contribution in [3.63, 3.8) is 0 Å². The Morgan fingerprint density at radius 2 is 1.72 bits per heavy atom. The SMILES string of the molecule is CC(Nc1ccc(C(=O)Nc2ccccc2Cl)cn1)c1ccccc1. The summed E-state index contributed by atoms with van der Waals surface area (Å²) in [6, 6.07) is 20.9. The van der Waals surface area contributed by atoms with Crippen LogP contribution in [-0.4, -0.2) is 10.9 Å². The van der Waals surface area contributed by atoms with Gasteiger partial charge in [0.25, 0.3) is 5.91 Å². The molecule has 0 fully saturated rings. The van der Waals surface area contributed by atoms with Gasteiger partial charge >= 0.3 is 0 Å². The standard InChI is InChI=1S/C20H18ClN3O/c1-14(15-7-3-2-4-8-15)23-19-12-11-16(13-22-19)20(25)24-18-10-6-5-9-17(18)21/h2-14H,1H3,(H,22,23)(H,24,25). The summed E-state index contributed by atoms with van der Waals surface area (Å²) < 4.78 is 0. The van der Waals surface area contributed by atoms with Crippen LogP contribution in [0.4, 0.5) is 11.5 Å². The number of rotatable bonds is 5. The highest BCUT2D eigenvalue weighted by Crippen LogP contribution is 2.22. The summed E-state index contributed by atoms with van der Waals surface area (Å²) in [5.74, 6) is 0.467. The van der Waals surface area contributed by atoms with Crippen molar-refractivity contribution in [2.75, 3.05) is 10.6 Å². The second-order valence-electron chi connectivity index (χ2n) is 5.64. The smallest absolute Gasteiger partial charge is 0.257 e. The number of aromatic nitrogens is 1. The lowest BCUT2D eigenvalue weighted by atomic mass is 10.1. The first-order valence-corrected chi connectivity index (χ1v) is 8.34. The Hall–Kier alpha value is -2.85. The molecule has 0 saturated heterocycles. The molecule has 0 aliphatic heterocycles. The number of hydrogen-bond acceptors (Lipinski definition) is 3. The van der Waals surface area contributed by atoms with Gasteiger partial charge in [0, 0.05) is 12.2 Å². The van der Waals surface area contributed by atoms with Crippen LogP contribution in [0.15, 0.2) is 72.9 Å². The quantitative estimate of drug-likeness (QED) is 0.667. The van der Waals surface area contributed by atoms with E-state index in [0.717, 1.165) is 0 Å². The van der Waals surface area contributed by atoms with E-state index in [2.05, 4.69) is 34.7 Å². The number of hydrogen-bond donors (Lipinski definition) is 2. The van der Waals surface area contributed by atoms with Gasteiger partial charge in [-0.3, -0.25) is 4.79 Å². The molecule has 0 saturated carbocycles. The van der Waals surface area contributed by atoms with Gasteiger partial charge in [0.2, 0.25) is 0 Å². The molecule has 1 unspecified atom stereocenters. The van der Waals surface area contributed by atoms with Crippen LogP contribution >= 0.6 is 11.6 Å². The van der Waals surface area contributed by atoms with Gasteiger partial charge in [0.1, 0.15) is 5.82 Å². The maximum atomic E-state index is 12.3. The Balaban J connectivity index is 1.66. The number of halogens is 1. The lowest BCUT2D eigenvalue weighted by Crippen LogP contribution is -2.13. The van der Waals surface area contributed by atoms with Crippen LogP contribution in [0, 0.1) is 0 Å². The molecule has 0 bridgehead atoms. The topological polar surface area (TPSA) is 54.0 Å². The molecule has 1 heterocycles. The monoisotopic (exact) mass is 351 g/mol. The minimum absolute atomic E-state index is 0.122. The Labute approximate surface area is 151 Å². The van der Waals surface area contributed by atoms with E-state index in [4.69, 9.17) is 11.6 Å². The second-order valence-corrected chi connectivity index (χ2v) is 6.05. The van der Waals surface area contributed by atoms with Crippen LogP contribution in [0.5, 0.6) is 0 Å². The Bertz CT molecular complexity index is 850. The van der Waals surface area contributed by atoms with Gasteiger partial charge in [-0.2, -0.15) is 0 Å². The zero-order valence-corrected chi connectivity index (χ0v) is 14.5. The predicted molar refractivity (Wildman–Crippen MR) is 102 cm³/mol. The van der Waals surface area contributed by atoms with Crippen LogP contribution in [0.3, 0.4) is 0 Å². The Morgan fingerprint density at radius 3 is 2.40 bits per heavy atom.